The molecular weight excluding hydrogens is 292 g/mol. The molecule has 1 N–H and O–H groups in total. The Bertz CT molecular complexity index is 524. The zero-order valence-corrected chi connectivity index (χ0v) is 14.5. The lowest BCUT2D eigenvalue weighted by molar-refractivity contribution is -0.107. The third-order valence-electron chi connectivity index (χ3n) is 5.38. The first kappa shape index (κ1) is 16.6. The fourth-order valence-corrected chi connectivity index (χ4v) is 3.27. The number of morpholine rings is 1. The van der Waals surface area contributed by atoms with Crippen molar-refractivity contribution in [2.45, 2.75) is 39.3 Å². The van der Waals surface area contributed by atoms with E-state index in [2.05, 4.69) is 33.6 Å². The Morgan fingerprint density at radius 3 is 2.39 bits per heavy atom. The molecule has 3 heterocycles. The van der Waals surface area contributed by atoms with Gasteiger partial charge in [0.1, 0.15) is 0 Å². The van der Waals surface area contributed by atoms with E-state index in [1.165, 1.54) is 0 Å². The van der Waals surface area contributed by atoms with Crippen molar-refractivity contribution in [3.63, 3.8) is 0 Å². The number of ether oxygens (including phenoxy) is 1. The van der Waals surface area contributed by atoms with E-state index in [-0.39, 0.29) is 5.41 Å². The highest BCUT2D eigenvalue weighted by molar-refractivity contribution is 5.30. The van der Waals surface area contributed by atoms with Crippen molar-refractivity contribution in [2.24, 2.45) is 5.41 Å². The maximum absolute atomic E-state index is 10.5. The van der Waals surface area contributed by atoms with Crippen LogP contribution < -0.4 is 4.90 Å². The van der Waals surface area contributed by atoms with Crippen LogP contribution in [0.4, 0.5) is 5.95 Å². The molecule has 2 aliphatic heterocycles. The topological polar surface area (TPSA) is 61.7 Å². The molecule has 0 bridgehead atoms. The van der Waals surface area contributed by atoms with Crippen molar-refractivity contribution in [1.29, 1.82) is 0 Å². The standard InChI is InChI=1S/C17H28N4O2/c1-16(2)13-20(5-4-17(16,3)22)12-14-10-18-15(19-11-14)21-6-8-23-9-7-21/h10-11,22H,4-9,12-13H2,1-3H3/t17-/m1/s1. The first-order valence-corrected chi connectivity index (χ1v) is 8.46. The molecule has 2 aliphatic rings. The van der Waals surface area contributed by atoms with Crippen LogP contribution in [0.25, 0.3) is 0 Å². The summed E-state index contributed by atoms with van der Waals surface area (Å²) < 4.78 is 5.36. The molecule has 0 aliphatic carbocycles. The SMILES string of the molecule is CC1(C)CN(Cc2cnc(N3CCOCC3)nc2)CC[C@@]1(C)O. The van der Waals surface area contributed by atoms with Crippen molar-refractivity contribution in [3.05, 3.63) is 18.0 Å². The number of piperidine rings is 1. The van der Waals surface area contributed by atoms with Crippen LogP contribution in [0.3, 0.4) is 0 Å². The second-order valence-electron chi connectivity index (χ2n) is 7.61. The van der Waals surface area contributed by atoms with E-state index in [0.29, 0.717) is 0 Å². The molecule has 0 aromatic carbocycles. The van der Waals surface area contributed by atoms with E-state index >= 15 is 0 Å². The molecule has 3 rings (SSSR count). The fourth-order valence-electron chi connectivity index (χ4n) is 3.27. The maximum atomic E-state index is 10.5. The van der Waals surface area contributed by atoms with E-state index in [9.17, 15) is 5.11 Å². The van der Waals surface area contributed by atoms with Crippen molar-refractivity contribution in [3.8, 4) is 0 Å². The summed E-state index contributed by atoms with van der Waals surface area (Å²) in [5, 5.41) is 10.5. The molecule has 0 saturated carbocycles. The zero-order chi connectivity index (χ0) is 16.5. The van der Waals surface area contributed by atoms with Gasteiger partial charge in [-0.3, -0.25) is 4.90 Å². The number of hydrogen-bond donors (Lipinski definition) is 1. The Balaban J connectivity index is 1.60. The second-order valence-corrected chi connectivity index (χ2v) is 7.61. The van der Waals surface area contributed by atoms with Crippen LogP contribution in [0.2, 0.25) is 0 Å². The van der Waals surface area contributed by atoms with Gasteiger partial charge < -0.3 is 14.7 Å². The smallest absolute Gasteiger partial charge is 0.225 e. The summed E-state index contributed by atoms with van der Waals surface area (Å²) >= 11 is 0. The third kappa shape index (κ3) is 3.65. The number of rotatable bonds is 3. The fraction of sp³-hybridized carbons (Fsp3) is 0.765. The van der Waals surface area contributed by atoms with Crippen molar-refractivity contribution >= 4 is 5.95 Å². The third-order valence-corrected chi connectivity index (χ3v) is 5.38. The van der Waals surface area contributed by atoms with Crippen LogP contribution in [0, 0.1) is 5.41 Å². The Morgan fingerprint density at radius 2 is 1.78 bits per heavy atom. The summed E-state index contributed by atoms with van der Waals surface area (Å²) in [5.41, 5.74) is 0.416. The van der Waals surface area contributed by atoms with Gasteiger partial charge in [-0.1, -0.05) is 13.8 Å². The Kier molecular flexibility index (Phi) is 4.58. The molecule has 1 atom stereocenters. The van der Waals surface area contributed by atoms with Gasteiger partial charge in [-0.25, -0.2) is 9.97 Å². The summed E-state index contributed by atoms with van der Waals surface area (Å²) in [5.74, 6) is 0.791. The van der Waals surface area contributed by atoms with E-state index in [4.69, 9.17) is 4.74 Å². The van der Waals surface area contributed by atoms with Gasteiger partial charge >= 0.3 is 0 Å². The molecule has 128 valence electrons. The van der Waals surface area contributed by atoms with Gasteiger partial charge in [-0.15, -0.1) is 0 Å². The second kappa shape index (κ2) is 6.34. The normalized spacial score (nSPS) is 28.8. The summed E-state index contributed by atoms with van der Waals surface area (Å²) in [4.78, 5) is 13.6. The highest BCUT2D eigenvalue weighted by Gasteiger charge is 2.43. The summed E-state index contributed by atoms with van der Waals surface area (Å²) in [6, 6.07) is 0. The van der Waals surface area contributed by atoms with Crippen LogP contribution in [-0.4, -0.2) is 65.0 Å². The molecule has 2 fully saturated rings. The Morgan fingerprint density at radius 1 is 1.13 bits per heavy atom. The summed E-state index contributed by atoms with van der Waals surface area (Å²) in [6.07, 6.45) is 4.65. The molecule has 23 heavy (non-hydrogen) atoms. The maximum Gasteiger partial charge on any atom is 0.225 e. The molecule has 6 nitrogen and oxygen atoms in total. The van der Waals surface area contributed by atoms with E-state index in [0.717, 1.165) is 63.9 Å². The predicted octanol–water partition coefficient (Wildman–Crippen LogP) is 1.30. The first-order chi connectivity index (χ1) is 10.9. The predicted molar refractivity (Wildman–Crippen MR) is 89.4 cm³/mol. The molecule has 1 aromatic heterocycles. The molecule has 0 unspecified atom stereocenters. The van der Waals surface area contributed by atoms with Gasteiger partial charge in [0, 0.05) is 56.1 Å². The number of anilines is 1. The molecule has 0 radical (unpaired) electrons. The quantitative estimate of drug-likeness (QED) is 0.906. The average Bonchev–Trinajstić information content (AvgIpc) is 2.53. The van der Waals surface area contributed by atoms with Gasteiger partial charge in [0.05, 0.1) is 18.8 Å². The molecule has 1 aromatic rings. The van der Waals surface area contributed by atoms with E-state index < -0.39 is 5.60 Å². The van der Waals surface area contributed by atoms with Gasteiger partial charge in [-0.05, 0) is 13.3 Å². The van der Waals surface area contributed by atoms with Gasteiger partial charge in [0.15, 0.2) is 0 Å². The summed E-state index contributed by atoms with van der Waals surface area (Å²) in [6.45, 7) is 12.0. The lowest BCUT2D eigenvalue weighted by atomic mass is 9.71. The lowest BCUT2D eigenvalue weighted by Crippen LogP contribution is -2.55. The molecular formula is C17H28N4O2. The van der Waals surface area contributed by atoms with Gasteiger partial charge in [0.2, 0.25) is 5.95 Å². The lowest BCUT2D eigenvalue weighted by Gasteiger charge is -2.48. The van der Waals surface area contributed by atoms with Crippen molar-refractivity contribution in [1.82, 2.24) is 14.9 Å². The highest BCUT2D eigenvalue weighted by Crippen LogP contribution is 2.38. The molecule has 0 amide bonds. The van der Waals surface area contributed by atoms with Crippen LogP contribution in [0.5, 0.6) is 0 Å². The first-order valence-electron chi connectivity index (χ1n) is 8.46. The van der Waals surface area contributed by atoms with Gasteiger partial charge in [0.25, 0.3) is 0 Å². The Hall–Kier alpha value is -1.24. The van der Waals surface area contributed by atoms with Crippen molar-refractivity contribution < 1.29 is 9.84 Å². The average molecular weight is 320 g/mol. The number of aromatic nitrogens is 2. The molecule has 2 saturated heterocycles. The van der Waals surface area contributed by atoms with Gasteiger partial charge in [-0.2, -0.15) is 0 Å². The van der Waals surface area contributed by atoms with Crippen LogP contribution in [0.1, 0.15) is 32.8 Å². The monoisotopic (exact) mass is 320 g/mol. The van der Waals surface area contributed by atoms with Crippen LogP contribution in [-0.2, 0) is 11.3 Å². The molecule has 0 spiro atoms. The zero-order valence-electron chi connectivity index (χ0n) is 14.5. The van der Waals surface area contributed by atoms with E-state index in [1.807, 2.05) is 19.3 Å². The number of likely N-dealkylation sites (tertiary alicyclic amines) is 1. The van der Waals surface area contributed by atoms with Crippen LogP contribution in [0.15, 0.2) is 12.4 Å². The number of aliphatic hydroxyl groups is 1. The minimum absolute atomic E-state index is 0.111. The Labute approximate surface area is 138 Å². The highest BCUT2D eigenvalue weighted by atomic mass is 16.5. The minimum Gasteiger partial charge on any atom is -0.390 e. The molecule has 6 heteroatoms. The van der Waals surface area contributed by atoms with Crippen molar-refractivity contribution in [2.75, 3.05) is 44.3 Å². The largest absolute Gasteiger partial charge is 0.390 e. The number of nitrogens with zero attached hydrogens (tertiary/aromatic N) is 4. The summed E-state index contributed by atoms with van der Waals surface area (Å²) in [7, 11) is 0. The van der Waals surface area contributed by atoms with Crippen LogP contribution >= 0.6 is 0 Å². The minimum atomic E-state index is -0.597. The van der Waals surface area contributed by atoms with E-state index in [1.54, 1.807) is 0 Å². The number of hydrogen-bond acceptors (Lipinski definition) is 6.